The van der Waals surface area contributed by atoms with E-state index in [0.717, 1.165) is 38.8 Å². The maximum atomic E-state index is 11.9. The van der Waals surface area contributed by atoms with Crippen molar-refractivity contribution in [2.75, 3.05) is 26.2 Å². The number of nitrogens with one attached hydrogen (secondary N) is 1. The number of carbonyl (C=O) groups excluding carboxylic acids is 2. The van der Waals surface area contributed by atoms with Gasteiger partial charge >= 0.3 is 0 Å². The highest BCUT2D eigenvalue weighted by molar-refractivity contribution is 5.87. The summed E-state index contributed by atoms with van der Waals surface area (Å²) in [6.45, 7) is 2.42. The second-order valence-electron chi connectivity index (χ2n) is 5.01. The van der Waals surface area contributed by atoms with Crippen LogP contribution in [0.15, 0.2) is 0 Å². The van der Waals surface area contributed by atoms with E-state index in [1.807, 2.05) is 4.90 Å². The highest BCUT2D eigenvalue weighted by Crippen LogP contribution is 2.12. The number of hydrogen-bond acceptors (Lipinski definition) is 3. The first-order valence-electron chi connectivity index (χ1n) is 6.94. The fourth-order valence-corrected chi connectivity index (χ4v) is 2.49. The Labute approximate surface area is 108 Å². The summed E-state index contributed by atoms with van der Waals surface area (Å²) in [5.41, 5.74) is 0. The number of ether oxygens (including phenoxy) is 1. The maximum Gasteiger partial charge on any atom is 0.249 e. The van der Waals surface area contributed by atoms with E-state index in [1.165, 1.54) is 12.8 Å². The average Bonchev–Trinajstić information content (AvgIpc) is 2.78. The Morgan fingerprint density at radius 1 is 1.11 bits per heavy atom. The zero-order valence-corrected chi connectivity index (χ0v) is 10.8. The third kappa shape index (κ3) is 3.70. The molecular formula is C13H22N2O3. The molecule has 5 nitrogen and oxygen atoms in total. The van der Waals surface area contributed by atoms with Crippen LogP contribution in [0.2, 0.25) is 0 Å². The Kier molecular flexibility index (Phi) is 4.99. The summed E-state index contributed by atoms with van der Waals surface area (Å²) in [6.07, 6.45) is 5.90. The van der Waals surface area contributed by atoms with Crippen molar-refractivity contribution in [2.24, 2.45) is 0 Å². The maximum absolute atomic E-state index is 11.9. The molecule has 1 unspecified atom stereocenters. The molecule has 0 aromatic carbocycles. The summed E-state index contributed by atoms with van der Waals surface area (Å²) < 4.78 is 5.28. The summed E-state index contributed by atoms with van der Waals surface area (Å²) in [5.74, 6) is -0.112. The Morgan fingerprint density at radius 3 is 2.44 bits per heavy atom. The van der Waals surface area contributed by atoms with Gasteiger partial charge in [0.15, 0.2) is 0 Å². The molecule has 2 heterocycles. The minimum absolute atomic E-state index is 0.0308. The summed E-state index contributed by atoms with van der Waals surface area (Å²) in [5, 5.41) is 2.69. The molecule has 2 aliphatic heterocycles. The van der Waals surface area contributed by atoms with Crippen LogP contribution in [-0.2, 0) is 14.3 Å². The third-order valence-electron chi connectivity index (χ3n) is 3.59. The van der Waals surface area contributed by atoms with Crippen molar-refractivity contribution in [1.82, 2.24) is 10.2 Å². The van der Waals surface area contributed by atoms with Gasteiger partial charge in [-0.2, -0.15) is 0 Å². The molecule has 2 rings (SSSR count). The minimum atomic E-state index is -0.345. The zero-order valence-electron chi connectivity index (χ0n) is 10.8. The molecule has 0 spiro atoms. The number of likely N-dealkylation sites (tertiary alicyclic amines) is 1. The van der Waals surface area contributed by atoms with E-state index in [2.05, 4.69) is 5.32 Å². The first kappa shape index (κ1) is 13.3. The van der Waals surface area contributed by atoms with Crippen molar-refractivity contribution in [3.63, 3.8) is 0 Å². The second-order valence-corrected chi connectivity index (χ2v) is 5.01. The average molecular weight is 254 g/mol. The first-order chi connectivity index (χ1) is 8.77. The van der Waals surface area contributed by atoms with Crippen LogP contribution in [0.3, 0.4) is 0 Å². The van der Waals surface area contributed by atoms with Crippen molar-refractivity contribution in [3.05, 3.63) is 0 Å². The molecule has 2 fully saturated rings. The second kappa shape index (κ2) is 6.73. The van der Waals surface area contributed by atoms with Crippen LogP contribution < -0.4 is 5.32 Å². The lowest BCUT2D eigenvalue weighted by molar-refractivity contribution is -0.135. The van der Waals surface area contributed by atoms with Crippen LogP contribution in [0, 0.1) is 0 Å². The van der Waals surface area contributed by atoms with Gasteiger partial charge in [-0.05, 0) is 25.7 Å². The lowest BCUT2D eigenvalue weighted by Gasteiger charge is -2.20. The zero-order chi connectivity index (χ0) is 12.8. The van der Waals surface area contributed by atoms with E-state index in [1.54, 1.807) is 0 Å². The topological polar surface area (TPSA) is 58.6 Å². The number of carbonyl (C=O) groups is 2. The summed E-state index contributed by atoms with van der Waals surface area (Å²) >= 11 is 0. The predicted molar refractivity (Wildman–Crippen MR) is 67.0 cm³/mol. The van der Waals surface area contributed by atoms with E-state index in [9.17, 15) is 9.59 Å². The molecule has 1 N–H and O–H groups in total. The van der Waals surface area contributed by atoms with E-state index in [4.69, 9.17) is 4.74 Å². The molecule has 0 aromatic heterocycles. The van der Waals surface area contributed by atoms with Gasteiger partial charge in [-0.15, -0.1) is 0 Å². The van der Waals surface area contributed by atoms with Gasteiger partial charge in [-0.25, -0.2) is 0 Å². The monoisotopic (exact) mass is 254 g/mol. The van der Waals surface area contributed by atoms with E-state index >= 15 is 0 Å². The lowest BCUT2D eigenvalue weighted by atomic mass is 10.2. The van der Waals surface area contributed by atoms with Gasteiger partial charge in [0, 0.05) is 19.7 Å². The van der Waals surface area contributed by atoms with Gasteiger partial charge < -0.3 is 15.0 Å². The molecule has 18 heavy (non-hydrogen) atoms. The van der Waals surface area contributed by atoms with Gasteiger partial charge in [-0.3, -0.25) is 9.59 Å². The Hall–Kier alpha value is -1.10. The third-order valence-corrected chi connectivity index (χ3v) is 3.59. The van der Waals surface area contributed by atoms with Crippen molar-refractivity contribution in [2.45, 2.75) is 44.6 Å². The molecule has 0 aromatic rings. The predicted octanol–water partition coefficient (Wildman–Crippen LogP) is 0.684. The number of rotatable bonds is 3. The number of hydrogen-bond donors (Lipinski definition) is 1. The van der Waals surface area contributed by atoms with Crippen LogP contribution in [-0.4, -0.2) is 49.1 Å². The molecular weight excluding hydrogens is 232 g/mol. The van der Waals surface area contributed by atoms with Crippen LogP contribution in [0.1, 0.15) is 38.5 Å². The molecule has 5 heteroatoms. The fraction of sp³-hybridized carbons (Fsp3) is 0.846. The SMILES string of the molecule is O=C(NCC(=O)N1CCCCCC1)C1CCCO1. The fourth-order valence-electron chi connectivity index (χ4n) is 2.49. The van der Waals surface area contributed by atoms with Crippen LogP contribution in [0.25, 0.3) is 0 Å². The molecule has 1 atom stereocenters. The van der Waals surface area contributed by atoms with Gasteiger partial charge in [0.2, 0.25) is 11.8 Å². The van der Waals surface area contributed by atoms with Crippen molar-refractivity contribution in [1.29, 1.82) is 0 Å². The van der Waals surface area contributed by atoms with Gasteiger partial charge in [0.25, 0.3) is 0 Å². The Balaban J connectivity index is 1.71. The van der Waals surface area contributed by atoms with Crippen molar-refractivity contribution >= 4 is 11.8 Å². The van der Waals surface area contributed by atoms with Crippen LogP contribution in [0.5, 0.6) is 0 Å². The Bertz CT molecular complexity index is 293. The molecule has 2 saturated heterocycles. The van der Waals surface area contributed by atoms with E-state index in [0.29, 0.717) is 6.61 Å². The largest absolute Gasteiger partial charge is 0.368 e. The first-order valence-corrected chi connectivity index (χ1v) is 6.94. The number of nitrogens with zero attached hydrogens (tertiary/aromatic N) is 1. The molecule has 2 amide bonds. The minimum Gasteiger partial charge on any atom is -0.368 e. The standard InChI is InChI=1S/C13H22N2O3/c16-12(15-7-3-1-2-4-8-15)10-14-13(17)11-6-5-9-18-11/h11H,1-10H2,(H,14,17). The highest BCUT2D eigenvalue weighted by atomic mass is 16.5. The lowest BCUT2D eigenvalue weighted by Crippen LogP contribution is -2.43. The number of amides is 2. The highest BCUT2D eigenvalue weighted by Gasteiger charge is 2.24. The molecule has 0 radical (unpaired) electrons. The van der Waals surface area contributed by atoms with Crippen molar-refractivity contribution < 1.29 is 14.3 Å². The van der Waals surface area contributed by atoms with Gasteiger partial charge in [0.1, 0.15) is 6.10 Å². The summed E-state index contributed by atoms with van der Waals surface area (Å²) in [6, 6.07) is 0. The molecule has 0 aliphatic carbocycles. The van der Waals surface area contributed by atoms with Crippen LogP contribution >= 0.6 is 0 Å². The normalized spacial score (nSPS) is 24.7. The van der Waals surface area contributed by atoms with Crippen LogP contribution in [0.4, 0.5) is 0 Å². The van der Waals surface area contributed by atoms with Crippen molar-refractivity contribution in [3.8, 4) is 0 Å². The Morgan fingerprint density at radius 2 is 1.83 bits per heavy atom. The summed E-state index contributed by atoms with van der Waals surface area (Å²) in [4.78, 5) is 25.5. The van der Waals surface area contributed by atoms with Gasteiger partial charge in [-0.1, -0.05) is 12.8 Å². The molecule has 2 aliphatic rings. The van der Waals surface area contributed by atoms with E-state index < -0.39 is 0 Å². The quantitative estimate of drug-likeness (QED) is 0.806. The molecule has 0 saturated carbocycles. The molecule has 0 bridgehead atoms. The molecule has 102 valence electrons. The van der Waals surface area contributed by atoms with Gasteiger partial charge in [0.05, 0.1) is 6.54 Å². The van der Waals surface area contributed by atoms with E-state index in [-0.39, 0.29) is 24.5 Å². The summed E-state index contributed by atoms with van der Waals surface area (Å²) in [7, 11) is 0. The smallest absolute Gasteiger partial charge is 0.249 e.